The zero-order valence-corrected chi connectivity index (χ0v) is 14.3. The summed E-state index contributed by atoms with van der Waals surface area (Å²) in [6.07, 6.45) is 0. The minimum atomic E-state index is 0.659. The first-order valence-electron chi connectivity index (χ1n) is 5.93. The lowest BCUT2D eigenvalue weighted by atomic mass is 10.1. The molecular formula is C14H16Br2N2O. The molecular weight excluding hydrogens is 372 g/mol. The van der Waals surface area contributed by atoms with E-state index in [0.29, 0.717) is 6.54 Å². The molecule has 3 nitrogen and oxygen atoms in total. The molecule has 1 N–H and O–H groups in total. The van der Waals surface area contributed by atoms with Gasteiger partial charge in [-0.2, -0.15) is 0 Å². The van der Waals surface area contributed by atoms with E-state index < -0.39 is 0 Å². The van der Waals surface area contributed by atoms with Gasteiger partial charge < -0.3 is 14.6 Å². The largest absolute Gasteiger partial charge is 0.451 e. The number of halogens is 2. The van der Waals surface area contributed by atoms with Gasteiger partial charge in [0.2, 0.25) is 0 Å². The zero-order chi connectivity index (χ0) is 14.0. The normalized spacial score (nSPS) is 10.6. The van der Waals surface area contributed by atoms with E-state index in [1.54, 1.807) is 0 Å². The molecule has 102 valence electrons. The maximum Gasteiger partial charge on any atom is 0.183 e. The van der Waals surface area contributed by atoms with Gasteiger partial charge >= 0.3 is 0 Å². The molecule has 0 spiro atoms. The minimum absolute atomic E-state index is 0.659. The maximum absolute atomic E-state index is 5.54. The molecule has 0 aliphatic rings. The highest BCUT2D eigenvalue weighted by Gasteiger charge is 2.07. The third-order valence-corrected chi connectivity index (χ3v) is 4.59. The molecule has 0 saturated carbocycles. The molecule has 0 amide bonds. The number of anilines is 2. The second-order valence-electron chi connectivity index (χ2n) is 4.58. The lowest BCUT2D eigenvalue weighted by Crippen LogP contribution is -2.09. The molecule has 1 aromatic carbocycles. The fourth-order valence-corrected chi connectivity index (χ4v) is 2.44. The van der Waals surface area contributed by atoms with E-state index in [-0.39, 0.29) is 0 Å². The average Bonchev–Trinajstić information content (AvgIpc) is 2.67. The third-order valence-electron chi connectivity index (χ3n) is 2.88. The monoisotopic (exact) mass is 386 g/mol. The van der Waals surface area contributed by atoms with Gasteiger partial charge in [-0.25, -0.2) is 0 Å². The second kappa shape index (κ2) is 6.01. The Bertz CT molecular complexity index is 559. The van der Waals surface area contributed by atoms with Crippen LogP contribution < -0.4 is 10.2 Å². The maximum atomic E-state index is 5.54. The SMILES string of the molecule is Cc1cc(N(C)C)ccc1NCc1cc(Br)c(Br)o1. The smallest absolute Gasteiger partial charge is 0.183 e. The van der Waals surface area contributed by atoms with Gasteiger partial charge in [-0.05, 0) is 68.6 Å². The molecule has 0 bridgehead atoms. The Morgan fingerprint density at radius 2 is 1.95 bits per heavy atom. The summed E-state index contributed by atoms with van der Waals surface area (Å²) in [5.74, 6) is 0.884. The quantitative estimate of drug-likeness (QED) is 0.817. The summed E-state index contributed by atoms with van der Waals surface area (Å²) < 4.78 is 7.20. The molecule has 0 saturated heterocycles. The third kappa shape index (κ3) is 3.54. The van der Waals surface area contributed by atoms with Crippen LogP contribution in [0, 0.1) is 6.92 Å². The van der Waals surface area contributed by atoms with Gasteiger partial charge in [0, 0.05) is 25.5 Å². The van der Waals surface area contributed by atoms with Crippen molar-refractivity contribution in [2.45, 2.75) is 13.5 Å². The zero-order valence-electron chi connectivity index (χ0n) is 11.1. The number of hydrogen-bond acceptors (Lipinski definition) is 3. The van der Waals surface area contributed by atoms with Crippen molar-refractivity contribution in [1.82, 2.24) is 0 Å². The Morgan fingerprint density at radius 3 is 2.47 bits per heavy atom. The first-order valence-corrected chi connectivity index (χ1v) is 7.51. The van der Waals surface area contributed by atoms with Crippen molar-refractivity contribution in [3.8, 4) is 0 Å². The first-order chi connectivity index (χ1) is 8.97. The van der Waals surface area contributed by atoms with Crippen molar-refractivity contribution in [3.05, 3.63) is 44.7 Å². The standard InChI is InChI=1S/C14H16Br2N2O/c1-9-6-10(18(2)3)4-5-13(9)17-8-11-7-12(15)14(16)19-11/h4-7,17H,8H2,1-3H3. The van der Waals surface area contributed by atoms with Gasteiger partial charge in [0.1, 0.15) is 5.76 Å². The van der Waals surface area contributed by atoms with Crippen LogP contribution in [-0.4, -0.2) is 14.1 Å². The number of nitrogens with zero attached hydrogens (tertiary/aromatic N) is 1. The van der Waals surface area contributed by atoms with Crippen molar-refractivity contribution < 1.29 is 4.42 Å². The first kappa shape index (κ1) is 14.5. The van der Waals surface area contributed by atoms with Gasteiger partial charge in [0.05, 0.1) is 11.0 Å². The highest BCUT2D eigenvalue weighted by molar-refractivity contribution is 9.13. The fourth-order valence-electron chi connectivity index (χ4n) is 1.79. The Balaban J connectivity index is 2.07. The van der Waals surface area contributed by atoms with Gasteiger partial charge in [0.15, 0.2) is 4.67 Å². The summed E-state index contributed by atoms with van der Waals surface area (Å²) in [5.41, 5.74) is 3.54. The molecule has 0 fully saturated rings. The molecule has 0 radical (unpaired) electrons. The summed E-state index contributed by atoms with van der Waals surface area (Å²) in [5, 5.41) is 3.38. The predicted molar refractivity (Wildman–Crippen MR) is 86.9 cm³/mol. The van der Waals surface area contributed by atoms with Crippen molar-refractivity contribution in [1.29, 1.82) is 0 Å². The number of furan rings is 1. The molecule has 1 heterocycles. The molecule has 19 heavy (non-hydrogen) atoms. The Morgan fingerprint density at radius 1 is 1.21 bits per heavy atom. The Hall–Kier alpha value is -0.940. The highest BCUT2D eigenvalue weighted by atomic mass is 79.9. The van der Waals surface area contributed by atoms with E-state index in [0.717, 1.165) is 20.6 Å². The summed E-state index contributed by atoms with van der Waals surface area (Å²) in [4.78, 5) is 2.09. The fraction of sp³-hybridized carbons (Fsp3) is 0.286. The van der Waals surface area contributed by atoms with Crippen LogP contribution in [0.3, 0.4) is 0 Å². The average molecular weight is 388 g/mol. The number of rotatable bonds is 4. The van der Waals surface area contributed by atoms with Crippen LogP contribution in [0.1, 0.15) is 11.3 Å². The van der Waals surface area contributed by atoms with Crippen molar-refractivity contribution in [2.24, 2.45) is 0 Å². The lowest BCUT2D eigenvalue weighted by Gasteiger charge is -2.15. The molecule has 0 aliphatic heterocycles. The van der Waals surface area contributed by atoms with Crippen molar-refractivity contribution in [2.75, 3.05) is 24.3 Å². The van der Waals surface area contributed by atoms with Crippen LogP contribution in [0.25, 0.3) is 0 Å². The molecule has 0 aliphatic carbocycles. The molecule has 0 atom stereocenters. The summed E-state index contributed by atoms with van der Waals surface area (Å²) >= 11 is 6.74. The van der Waals surface area contributed by atoms with E-state index in [1.165, 1.54) is 11.3 Å². The van der Waals surface area contributed by atoms with Gasteiger partial charge in [-0.3, -0.25) is 0 Å². The number of hydrogen-bond donors (Lipinski definition) is 1. The molecule has 0 unspecified atom stereocenters. The Labute approximate surface area is 130 Å². The van der Waals surface area contributed by atoms with Crippen molar-refractivity contribution in [3.63, 3.8) is 0 Å². The second-order valence-corrected chi connectivity index (χ2v) is 6.16. The molecule has 2 rings (SSSR count). The van der Waals surface area contributed by atoms with Crippen LogP contribution in [0.4, 0.5) is 11.4 Å². The van der Waals surface area contributed by atoms with Crippen LogP contribution in [0.15, 0.2) is 37.8 Å². The van der Waals surface area contributed by atoms with Gasteiger partial charge in [0.25, 0.3) is 0 Å². The van der Waals surface area contributed by atoms with Gasteiger partial charge in [-0.15, -0.1) is 0 Å². The van der Waals surface area contributed by atoms with Crippen LogP contribution in [0.2, 0.25) is 0 Å². The van der Waals surface area contributed by atoms with E-state index >= 15 is 0 Å². The topological polar surface area (TPSA) is 28.4 Å². The highest BCUT2D eigenvalue weighted by Crippen LogP contribution is 2.28. The van der Waals surface area contributed by atoms with E-state index in [9.17, 15) is 0 Å². The summed E-state index contributed by atoms with van der Waals surface area (Å²) in [6, 6.07) is 8.32. The number of nitrogens with one attached hydrogen (secondary N) is 1. The van der Waals surface area contributed by atoms with Crippen LogP contribution >= 0.6 is 31.9 Å². The molecule has 5 heteroatoms. The van der Waals surface area contributed by atoms with Gasteiger partial charge in [-0.1, -0.05) is 0 Å². The molecule has 2 aromatic rings. The number of aryl methyl sites for hydroxylation is 1. The Kier molecular flexibility index (Phi) is 4.58. The number of benzene rings is 1. The van der Waals surface area contributed by atoms with E-state index in [2.05, 4.69) is 67.2 Å². The predicted octanol–water partition coefficient (Wildman–Crippen LogP) is 4.79. The van der Waals surface area contributed by atoms with E-state index in [4.69, 9.17) is 4.42 Å². The molecule has 1 aromatic heterocycles. The minimum Gasteiger partial charge on any atom is -0.451 e. The lowest BCUT2D eigenvalue weighted by molar-refractivity contribution is 0.494. The summed E-state index contributed by atoms with van der Waals surface area (Å²) in [7, 11) is 4.08. The van der Waals surface area contributed by atoms with Crippen LogP contribution in [-0.2, 0) is 6.54 Å². The summed E-state index contributed by atoms with van der Waals surface area (Å²) in [6.45, 7) is 2.76. The van der Waals surface area contributed by atoms with Crippen molar-refractivity contribution >= 4 is 43.2 Å². The van der Waals surface area contributed by atoms with E-state index in [1.807, 2.05) is 20.2 Å². The van der Waals surface area contributed by atoms with Crippen LogP contribution in [0.5, 0.6) is 0 Å².